The number of hydrogen-bond acceptors (Lipinski definition) is 7. The topological polar surface area (TPSA) is 74.9 Å². The van der Waals surface area contributed by atoms with Gasteiger partial charge >= 0.3 is 0 Å². The Bertz CT molecular complexity index is 1420. The molecule has 0 radical (unpaired) electrons. The van der Waals surface area contributed by atoms with Gasteiger partial charge in [-0.2, -0.15) is 9.50 Å². The largest absolute Gasteiger partial charge is 0.493 e. The van der Waals surface area contributed by atoms with E-state index in [1.807, 2.05) is 54.6 Å². The molecule has 35 heavy (non-hydrogen) atoms. The second-order valence-corrected chi connectivity index (χ2v) is 8.98. The van der Waals surface area contributed by atoms with Gasteiger partial charge in [-0.1, -0.05) is 67.9 Å². The Morgan fingerprint density at radius 1 is 0.971 bits per heavy atom. The zero-order valence-corrected chi connectivity index (χ0v) is 21.0. The average molecular weight is 492 g/mol. The second kappa shape index (κ2) is 11.7. The van der Waals surface area contributed by atoms with Crippen LogP contribution in [0.3, 0.4) is 0 Å². The Kier molecular flexibility index (Phi) is 8.15. The van der Waals surface area contributed by atoms with Gasteiger partial charge in [0.05, 0.1) is 25.4 Å². The highest BCUT2D eigenvalue weighted by molar-refractivity contribution is 7.15. The molecule has 4 aromatic rings. The summed E-state index contributed by atoms with van der Waals surface area (Å²) in [5.41, 5.74) is 1.59. The standard InChI is InChI=1S/C27H29N3O4S/c1-4-5-6-9-16-34-21-11-8-7-10-20(21)18-24-26(31)30-27(35-24)28-25(29-30)15-13-19-12-14-22(32-2)23(17-19)33-3/h7-8,10-15,17-18H,4-6,9,16H2,1-3H3/b15-13+,24-18-. The van der Waals surface area contributed by atoms with E-state index in [1.165, 1.54) is 28.7 Å². The third-order valence-electron chi connectivity index (χ3n) is 5.49. The average Bonchev–Trinajstić information content (AvgIpc) is 3.41. The molecule has 0 aliphatic rings. The first-order valence-electron chi connectivity index (χ1n) is 11.7. The van der Waals surface area contributed by atoms with E-state index in [0.29, 0.717) is 33.4 Å². The van der Waals surface area contributed by atoms with Crippen LogP contribution >= 0.6 is 11.3 Å². The molecular weight excluding hydrogens is 462 g/mol. The minimum Gasteiger partial charge on any atom is -0.493 e. The molecule has 0 bridgehead atoms. The van der Waals surface area contributed by atoms with Crippen molar-refractivity contribution in [2.24, 2.45) is 0 Å². The summed E-state index contributed by atoms with van der Waals surface area (Å²) in [7, 11) is 3.19. The van der Waals surface area contributed by atoms with Gasteiger partial charge in [-0.05, 0) is 42.3 Å². The molecule has 0 aliphatic carbocycles. The van der Waals surface area contributed by atoms with Crippen molar-refractivity contribution in [3.05, 3.63) is 74.3 Å². The minimum atomic E-state index is -0.194. The molecule has 2 aromatic carbocycles. The molecule has 0 fully saturated rings. The molecule has 0 N–H and O–H groups in total. The fourth-order valence-electron chi connectivity index (χ4n) is 3.63. The monoisotopic (exact) mass is 491 g/mol. The number of hydrogen-bond donors (Lipinski definition) is 0. The molecule has 4 rings (SSSR count). The van der Waals surface area contributed by atoms with Crippen molar-refractivity contribution in [2.75, 3.05) is 20.8 Å². The normalized spacial score (nSPS) is 12.0. The van der Waals surface area contributed by atoms with Gasteiger partial charge in [-0.15, -0.1) is 5.10 Å². The molecule has 2 heterocycles. The molecule has 8 heteroatoms. The number of fused-ring (bicyclic) bond motifs is 1. The van der Waals surface area contributed by atoms with Crippen LogP contribution in [0.1, 0.15) is 49.6 Å². The molecule has 0 saturated heterocycles. The van der Waals surface area contributed by atoms with Gasteiger partial charge in [-0.25, -0.2) is 0 Å². The molecule has 182 valence electrons. The number of aromatic nitrogens is 3. The maximum absolute atomic E-state index is 13.0. The number of benzene rings is 2. The maximum atomic E-state index is 13.0. The first kappa shape index (κ1) is 24.5. The van der Waals surface area contributed by atoms with E-state index in [4.69, 9.17) is 14.2 Å². The lowest BCUT2D eigenvalue weighted by Gasteiger charge is -2.08. The lowest BCUT2D eigenvalue weighted by Crippen LogP contribution is -2.23. The third-order valence-corrected chi connectivity index (χ3v) is 6.45. The van der Waals surface area contributed by atoms with Crippen LogP contribution < -0.4 is 24.3 Å². The highest BCUT2D eigenvalue weighted by Gasteiger charge is 2.10. The summed E-state index contributed by atoms with van der Waals surface area (Å²) in [6.45, 7) is 2.86. The van der Waals surface area contributed by atoms with E-state index < -0.39 is 0 Å². The van der Waals surface area contributed by atoms with Crippen LogP contribution in [0, 0.1) is 0 Å². The fourth-order valence-corrected chi connectivity index (χ4v) is 4.54. The molecular formula is C27H29N3O4S. The predicted molar refractivity (Wildman–Crippen MR) is 140 cm³/mol. The van der Waals surface area contributed by atoms with E-state index in [1.54, 1.807) is 20.3 Å². The summed E-state index contributed by atoms with van der Waals surface area (Å²) in [6, 6.07) is 13.4. The first-order valence-corrected chi connectivity index (χ1v) is 12.5. The molecule has 7 nitrogen and oxygen atoms in total. The van der Waals surface area contributed by atoms with Gasteiger partial charge in [-0.3, -0.25) is 4.79 Å². The first-order chi connectivity index (χ1) is 17.1. The van der Waals surface area contributed by atoms with Crippen LogP contribution in [0.15, 0.2) is 47.3 Å². The number of methoxy groups -OCH3 is 2. The molecule has 2 aromatic heterocycles. The summed E-state index contributed by atoms with van der Waals surface area (Å²) < 4.78 is 18.5. The number of unbranched alkanes of at least 4 members (excludes halogenated alkanes) is 3. The SMILES string of the molecule is CCCCCCOc1ccccc1/C=c1\sc2nc(/C=C/c3ccc(OC)c(OC)c3)nn2c1=O. The Hall–Kier alpha value is -3.65. The Morgan fingerprint density at radius 2 is 1.80 bits per heavy atom. The summed E-state index contributed by atoms with van der Waals surface area (Å²) in [5, 5.41) is 4.38. The molecule has 0 spiro atoms. The van der Waals surface area contributed by atoms with Gasteiger partial charge in [0.15, 0.2) is 17.3 Å². The summed E-state index contributed by atoms with van der Waals surface area (Å²) in [5.74, 6) is 2.54. The van der Waals surface area contributed by atoms with Gasteiger partial charge in [0, 0.05) is 5.56 Å². The highest BCUT2D eigenvalue weighted by Crippen LogP contribution is 2.28. The Labute approximate surface area is 208 Å². The van der Waals surface area contributed by atoms with Crippen molar-refractivity contribution in [2.45, 2.75) is 32.6 Å². The van der Waals surface area contributed by atoms with Gasteiger partial charge < -0.3 is 14.2 Å². The van der Waals surface area contributed by atoms with Crippen molar-refractivity contribution in [1.82, 2.24) is 14.6 Å². The van der Waals surface area contributed by atoms with Crippen LogP contribution in [0.25, 0.3) is 23.2 Å². The Morgan fingerprint density at radius 3 is 2.57 bits per heavy atom. The Balaban J connectivity index is 1.54. The maximum Gasteiger partial charge on any atom is 0.291 e. The predicted octanol–water partition coefficient (Wildman–Crippen LogP) is 4.85. The molecule has 0 atom stereocenters. The summed E-state index contributed by atoms with van der Waals surface area (Å²) in [4.78, 5) is 18.0. The summed E-state index contributed by atoms with van der Waals surface area (Å²) in [6.07, 6.45) is 10.1. The smallest absolute Gasteiger partial charge is 0.291 e. The minimum absolute atomic E-state index is 0.194. The van der Waals surface area contributed by atoms with E-state index in [2.05, 4.69) is 17.0 Å². The zero-order chi connectivity index (χ0) is 24.6. The van der Waals surface area contributed by atoms with Crippen LogP contribution in [0.2, 0.25) is 0 Å². The van der Waals surface area contributed by atoms with Gasteiger partial charge in [0.25, 0.3) is 5.56 Å². The lowest BCUT2D eigenvalue weighted by atomic mass is 10.2. The molecule has 0 amide bonds. The van der Waals surface area contributed by atoms with Crippen molar-refractivity contribution in [1.29, 1.82) is 0 Å². The quantitative estimate of drug-likeness (QED) is 0.279. The zero-order valence-electron chi connectivity index (χ0n) is 20.2. The van der Waals surface area contributed by atoms with E-state index in [-0.39, 0.29) is 5.56 Å². The number of thiazole rings is 1. The van der Waals surface area contributed by atoms with Crippen LogP contribution in [0.5, 0.6) is 17.2 Å². The number of nitrogens with zero attached hydrogens (tertiary/aromatic N) is 3. The fraction of sp³-hybridized carbons (Fsp3) is 0.296. The van der Waals surface area contributed by atoms with Crippen molar-refractivity contribution in [3.8, 4) is 17.2 Å². The van der Waals surface area contributed by atoms with Crippen molar-refractivity contribution >= 4 is 34.5 Å². The second-order valence-electron chi connectivity index (χ2n) is 7.97. The highest BCUT2D eigenvalue weighted by atomic mass is 32.1. The van der Waals surface area contributed by atoms with Gasteiger partial charge in [0.1, 0.15) is 5.75 Å². The van der Waals surface area contributed by atoms with Crippen molar-refractivity contribution in [3.63, 3.8) is 0 Å². The molecule has 0 unspecified atom stereocenters. The van der Waals surface area contributed by atoms with Crippen molar-refractivity contribution < 1.29 is 14.2 Å². The van der Waals surface area contributed by atoms with Crippen LogP contribution in [-0.4, -0.2) is 35.4 Å². The van der Waals surface area contributed by atoms with E-state index >= 15 is 0 Å². The number of ether oxygens (including phenoxy) is 3. The third kappa shape index (κ3) is 5.89. The van der Waals surface area contributed by atoms with Crippen LogP contribution in [0.4, 0.5) is 0 Å². The molecule has 0 aliphatic heterocycles. The van der Waals surface area contributed by atoms with E-state index in [9.17, 15) is 4.79 Å². The van der Waals surface area contributed by atoms with Gasteiger partial charge in [0.2, 0.25) is 4.96 Å². The lowest BCUT2D eigenvalue weighted by molar-refractivity contribution is 0.304. The number of para-hydroxylation sites is 1. The summed E-state index contributed by atoms with van der Waals surface area (Å²) >= 11 is 1.31. The number of rotatable bonds is 11. The van der Waals surface area contributed by atoms with Crippen LogP contribution in [-0.2, 0) is 0 Å². The van der Waals surface area contributed by atoms with E-state index in [0.717, 1.165) is 29.7 Å². The molecule has 0 saturated carbocycles.